The van der Waals surface area contributed by atoms with Crippen molar-refractivity contribution < 1.29 is 14.7 Å². The third-order valence-electron chi connectivity index (χ3n) is 2.49. The van der Waals surface area contributed by atoms with Gasteiger partial charge in [0.15, 0.2) is 0 Å². The second-order valence-electron chi connectivity index (χ2n) is 4.17. The van der Waals surface area contributed by atoms with Crippen LogP contribution in [0.2, 0.25) is 0 Å². The first kappa shape index (κ1) is 15.7. The first-order chi connectivity index (χ1) is 8.95. The molecule has 0 aliphatic carbocycles. The van der Waals surface area contributed by atoms with E-state index in [0.29, 0.717) is 6.54 Å². The number of nitrogens with zero attached hydrogens (tertiary/aromatic N) is 1. The molecule has 0 atom stereocenters. The van der Waals surface area contributed by atoms with Gasteiger partial charge in [-0.1, -0.05) is 6.92 Å². The number of rotatable bonds is 5. The highest BCUT2D eigenvalue weighted by Crippen LogP contribution is 2.20. The molecule has 0 saturated heterocycles. The fraction of sp³-hybridized carbons (Fsp3) is 0.385. The number of aromatic hydroxyl groups is 1. The van der Waals surface area contributed by atoms with Gasteiger partial charge in [-0.3, -0.25) is 9.59 Å². The number of likely N-dealkylation sites (N-methyl/N-ethyl adjacent to an activating group) is 1. The Morgan fingerprint density at radius 3 is 2.74 bits per heavy atom. The highest BCUT2D eigenvalue weighted by atomic mass is 127. The van der Waals surface area contributed by atoms with Gasteiger partial charge in [-0.15, -0.1) is 0 Å². The Hall–Kier alpha value is -1.31. The SMILES string of the molecule is CCCNC(=O)CN(C)C(=O)c1cc(I)ccc1O. The molecule has 0 saturated carbocycles. The smallest absolute Gasteiger partial charge is 0.257 e. The van der Waals surface area contributed by atoms with Gasteiger partial charge >= 0.3 is 0 Å². The molecule has 19 heavy (non-hydrogen) atoms. The first-order valence-electron chi connectivity index (χ1n) is 5.96. The molecule has 0 aliphatic heterocycles. The quantitative estimate of drug-likeness (QED) is 0.767. The normalized spacial score (nSPS) is 10.1. The van der Waals surface area contributed by atoms with Crippen LogP contribution in [0.25, 0.3) is 0 Å². The van der Waals surface area contributed by atoms with Gasteiger partial charge in [0, 0.05) is 17.2 Å². The number of nitrogens with one attached hydrogen (secondary N) is 1. The van der Waals surface area contributed by atoms with Gasteiger partial charge in [0.05, 0.1) is 12.1 Å². The summed E-state index contributed by atoms with van der Waals surface area (Å²) >= 11 is 2.06. The molecule has 1 aromatic carbocycles. The van der Waals surface area contributed by atoms with Crippen molar-refractivity contribution in [1.29, 1.82) is 0 Å². The predicted octanol–water partition coefficient (Wildman–Crippen LogP) is 1.59. The molecule has 0 bridgehead atoms. The Labute approximate surface area is 126 Å². The van der Waals surface area contributed by atoms with Crippen molar-refractivity contribution in [2.75, 3.05) is 20.1 Å². The van der Waals surface area contributed by atoms with E-state index in [2.05, 4.69) is 27.9 Å². The maximum Gasteiger partial charge on any atom is 0.257 e. The van der Waals surface area contributed by atoms with Crippen LogP contribution in [0.4, 0.5) is 0 Å². The van der Waals surface area contributed by atoms with Crippen LogP contribution in [0, 0.1) is 3.57 Å². The lowest BCUT2D eigenvalue weighted by Crippen LogP contribution is -2.38. The van der Waals surface area contributed by atoms with Gasteiger partial charge in [-0.05, 0) is 47.2 Å². The van der Waals surface area contributed by atoms with Gasteiger partial charge in [0.1, 0.15) is 5.75 Å². The Bertz CT molecular complexity index is 477. The number of hydrogen-bond donors (Lipinski definition) is 2. The Morgan fingerprint density at radius 1 is 1.42 bits per heavy atom. The van der Waals surface area contributed by atoms with Crippen molar-refractivity contribution in [1.82, 2.24) is 10.2 Å². The second-order valence-corrected chi connectivity index (χ2v) is 5.42. The zero-order valence-electron chi connectivity index (χ0n) is 10.9. The monoisotopic (exact) mass is 376 g/mol. The van der Waals surface area contributed by atoms with E-state index < -0.39 is 0 Å². The third-order valence-corrected chi connectivity index (χ3v) is 3.16. The number of benzene rings is 1. The maximum absolute atomic E-state index is 12.1. The fourth-order valence-electron chi connectivity index (χ4n) is 1.49. The van der Waals surface area contributed by atoms with Crippen LogP contribution in [0.1, 0.15) is 23.7 Å². The molecule has 1 aromatic rings. The van der Waals surface area contributed by atoms with Crippen molar-refractivity contribution in [3.63, 3.8) is 0 Å². The summed E-state index contributed by atoms with van der Waals surface area (Å²) in [7, 11) is 1.53. The highest BCUT2D eigenvalue weighted by Gasteiger charge is 2.18. The average molecular weight is 376 g/mol. The Kier molecular flexibility index (Phi) is 6.07. The summed E-state index contributed by atoms with van der Waals surface area (Å²) in [6.07, 6.45) is 0.848. The van der Waals surface area contributed by atoms with Crippen LogP contribution >= 0.6 is 22.6 Å². The standard InChI is InChI=1S/C13H17IN2O3/c1-3-6-15-12(18)8-16(2)13(19)10-7-9(14)4-5-11(10)17/h4-5,7,17H,3,6,8H2,1-2H3,(H,15,18). The van der Waals surface area contributed by atoms with E-state index in [1.165, 1.54) is 18.0 Å². The molecule has 0 aliphatic rings. The molecule has 0 heterocycles. The van der Waals surface area contributed by atoms with Crippen molar-refractivity contribution in [3.8, 4) is 5.75 Å². The minimum Gasteiger partial charge on any atom is -0.507 e. The summed E-state index contributed by atoms with van der Waals surface area (Å²) in [4.78, 5) is 24.9. The molecular weight excluding hydrogens is 359 g/mol. The van der Waals surface area contributed by atoms with Crippen LogP contribution in [0.3, 0.4) is 0 Å². The number of phenolic OH excluding ortho intramolecular Hbond substituents is 1. The number of carbonyl (C=O) groups excluding carboxylic acids is 2. The van der Waals surface area contributed by atoms with Gasteiger partial charge in [0.25, 0.3) is 5.91 Å². The molecule has 0 fully saturated rings. The van der Waals surface area contributed by atoms with Crippen molar-refractivity contribution in [3.05, 3.63) is 27.3 Å². The van der Waals surface area contributed by atoms with Crippen LogP contribution in [-0.4, -0.2) is 42.0 Å². The molecule has 5 nitrogen and oxygen atoms in total. The molecule has 0 aromatic heterocycles. The van der Waals surface area contributed by atoms with Crippen molar-refractivity contribution >= 4 is 34.4 Å². The molecule has 0 spiro atoms. The van der Waals surface area contributed by atoms with Gasteiger partial charge in [0.2, 0.25) is 5.91 Å². The average Bonchev–Trinajstić information content (AvgIpc) is 2.38. The number of carbonyl (C=O) groups is 2. The topological polar surface area (TPSA) is 69.6 Å². The van der Waals surface area contributed by atoms with Crippen LogP contribution < -0.4 is 5.32 Å². The lowest BCUT2D eigenvalue weighted by molar-refractivity contribution is -0.121. The summed E-state index contributed by atoms with van der Waals surface area (Å²) in [6, 6.07) is 4.78. The molecule has 2 amide bonds. The lowest BCUT2D eigenvalue weighted by Gasteiger charge is -2.17. The summed E-state index contributed by atoms with van der Waals surface area (Å²) < 4.78 is 0.850. The predicted molar refractivity (Wildman–Crippen MR) is 81.1 cm³/mol. The summed E-state index contributed by atoms with van der Waals surface area (Å²) in [5.41, 5.74) is 0.206. The van der Waals surface area contributed by atoms with E-state index in [1.54, 1.807) is 12.1 Å². The van der Waals surface area contributed by atoms with Gasteiger partial charge < -0.3 is 15.3 Å². The minimum absolute atomic E-state index is 0.0241. The molecule has 2 N–H and O–H groups in total. The highest BCUT2D eigenvalue weighted by molar-refractivity contribution is 14.1. The number of hydrogen-bond acceptors (Lipinski definition) is 3. The number of phenols is 1. The van der Waals surface area contributed by atoms with Gasteiger partial charge in [-0.2, -0.15) is 0 Å². The third kappa shape index (κ3) is 4.70. The van der Waals surface area contributed by atoms with Crippen LogP contribution in [-0.2, 0) is 4.79 Å². The van der Waals surface area contributed by atoms with E-state index in [4.69, 9.17) is 0 Å². The summed E-state index contributed by atoms with van der Waals surface area (Å²) in [6.45, 7) is 2.53. The molecule has 0 unspecified atom stereocenters. The Morgan fingerprint density at radius 2 is 2.11 bits per heavy atom. The summed E-state index contributed by atoms with van der Waals surface area (Å²) in [5.74, 6) is -0.656. The van der Waals surface area contributed by atoms with Crippen molar-refractivity contribution in [2.45, 2.75) is 13.3 Å². The van der Waals surface area contributed by atoms with Crippen LogP contribution in [0.5, 0.6) is 5.75 Å². The van der Waals surface area contributed by atoms with Crippen molar-refractivity contribution in [2.24, 2.45) is 0 Å². The number of halogens is 1. The lowest BCUT2D eigenvalue weighted by atomic mass is 10.2. The molecule has 1 rings (SSSR count). The summed E-state index contributed by atoms with van der Waals surface area (Å²) in [5, 5.41) is 12.4. The minimum atomic E-state index is -0.373. The second kappa shape index (κ2) is 7.32. The van der Waals surface area contributed by atoms with E-state index in [0.717, 1.165) is 9.99 Å². The first-order valence-corrected chi connectivity index (χ1v) is 7.04. The molecule has 0 radical (unpaired) electrons. The zero-order valence-corrected chi connectivity index (χ0v) is 13.1. The maximum atomic E-state index is 12.1. The van der Waals surface area contributed by atoms with Gasteiger partial charge in [-0.25, -0.2) is 0 Å². The van der Waals surface area contributed by atoms with E-state index in [-0.39, 0.29) is 29.7 Å². The van der Waals surface area contributed by atoms with E-state index in [9.17, 15) is 14.7 Å². The van der Waals surface area contributed by atoms with Crippen LogP contribution in [0.15, 0.2) is 18.2 Å². The fourth-order valence-corrected chi connectivity index (χ4v) is 1.98. The molecule has 6 heteroatoms. The number of amides is 2. The molecular formula is C13H17IN2O3. The Balaban J connectivity index is 2.71. The van der Waals surface area contributed by atoms with E-state index >= 15 is 0 Å². The van der Waals surface area contributed by atoms with E-state index in [1.807, 2.05) is 6.92 Å². The molecule has 104 valence electrons. The largest absolute Gasteiger partial charge is 0.507 e. The zero-order chi connectivity index (χ0) is 14.4.